The van der Waals surface area contributed by atoms with E-state index >= 15 is 0 Å². The van der Waals surface area contributed by atoms with Crippen LogP contribution in [-0.4, -0.2) is 35.6 Å². The molecule has 0 aliphatic carbocycles. The Morgan fingerprint density at radius 1 is 1.39 bits per heavy atom. The maximum absolute atomic E-state index is 13.2. The Kier molecular flexibility index (Phi) is 4.62. The fraction of sp³-hybridized carbons (Fsp3) is 0.562. The van der Waals surface area contributed by atoms with Crippen LogP contribution < -0.4 is 0 Å². The monoisotopic (exact) mass is 353 g/mol. The van der Waals surface area contributed by atoms with Gasteiger partial charge in [-0.15, -0.1) is 11.3 Å². The van der Waals surface area contributed by atoms with Gasteiger partial charge in [0.1, 0.15) is 10.6 Å². The van der Waals surface area contributed by atoms with E-state index in [2.05, 4.69) is 12.0 Å². The van der Waals surface area contributed by atoms with Crippen LogP contribution in [0, 0.1) is 5.92 Å². The smallest absolute Gasteiger partial charge is 0.246 e. The molecule has 0 bridgehead atoms. The molecule has 7 heteroatoms. The number of hydrogen-bond acceptors (Lipinski definition) is 4. The summed E-state index contributed by atoms with van der Waals surface area (Å²) < 4.78 is 29.7. The topological polar surface area (TPSA) is 55.2 Å². The van der Waals surface area contributed by atoms with Crippen LogP contribution in [0.1, 0.15) is 39.7 Å². The molecule has 5 nitrogen and oxygen atoms in total. The second kappa shape index (κ2) is 6.37. The average molecular weight is 354 g/mol. The molecule has 2 aromatic rings. The lowest BCUT2D eigenvalue weighted by molar-refractivity contribution is 0.281. The van der Waals surface area contributed by atoms with Gasteiger partial charge in [-0.05, 0) is 44.1 Å². The van der Waals surface area contributed by atoms with E-state index in [4.69, 9.17) is 0 Å². The highest BCUT2D eigenvalue weighted by molar-refractivity contribution is 7.89. The van der Waals surface area contributed by atoms with Gasteiger partial charge in [-0.25, -0.2) is 8.42 Å². The van der Waals surface area contributed by atoms with Crippen molar-refractivity contribution in [1.82, 2.24) is 14.1 Å². The highest BCUT2D eigenvalue weighted by atomic mass is 32.2. The summed E-state index contributed by atoms with van der Waals surface area (Å²) in [4.78, 5) is 1.23. The number of hydrogen-bond donors (Lipinski definition) is 0. The van der Waals surface area contributed by atoms with E-state index in [1.807, 2.05) is 31.4 Å². The average Bonchev–Trinajstić information content (AvgIpc) is 3.16. The van der Waals surface area contributed by atoms with Crippen LogP contribution >= 0.6 is 11.3 Å². The number of piperidine rings is 1. The highest BCUT2D eigenvalue weighted by Gasteiger charge is 2.33. The van der Waals surface area contributed by atoms with Gasteiger partial charge in [0.2, 0.25) is 10.0 Å². The number of aromatic nitrogens is 2. The molecule has 0 N–H and O–H groups in total. The van der Waals surface area contributed by atoms with Gasteiger partial charge in [0.15, 0.2) is 0 Å². The summed E-state index contributed by atoms with van der Waals surface area (Å²) in [6.45, 7) is 7.32. The third kappa shape index (κ3) is 3.22. The number of nitrogens with zero attached hydrogens (tertiary/aromatic N) is 3. The first-order valence-corrected chi connectivity index (χ1v) is 10.3. The molecule has 1 atom stereocenters. The lowest BCUT2D eigenvalue weighted by atomic mass is 10.0. The van der Waals surface area contributed by atoms with Crippen molar-refractivity contribution in [2.75, 3.05) is 13.1 Å². The second-order valence-corrected chi connectivity index (χ2v) is 9.36. The standard InChI is InChI=1S/C16H23N3O2S2/c1-12(2)19-11-15(16(17-19)14-7-5-9-22-14)23(20,21)18-8-4-6-13(3)10-18/h5,7,9,11-13H,4,6,8,10H2,1-3H3. The third-order valence-electron chi connectivity index (χ3n) is 4.22. The van der Waals surface area contributed by atoms with Crippen LogP contribution in [0.2, 0.25) is 0 Å². The van der Waals surface area contributed by atoms with Gasteiger partial charge in [0, 0.05) is 25.3 Å². The van der Waals surface area contributed by atoms with Gasteiger partial charge in [0.05, 0.1) is 4.88 Å². The quantitative estimate of drug-likeness (QED) is 0.844. The zero-order valence-electron chi connectivity index (χ0n) is 13.8. The molecule has 3 heterocycles. The van der Waals surface area contributed by atoms with E-state index in [0.29, 0.717) is 29.6 Å². The number of rotatable bonds is 4. The van der Waals surface area contributed by atoms with Crippen molar-refractivity contribution >= 4 is 21.4 Å². The Bertz CT molecular complexity index is 763. The lowest BCUT2D eigenvalue weighted by Crippen LogP contribution is -2.39. The molecule has 0 radical (unpaired) electrons. The van der Waals surface area contributed by atoms with Crippen molar-refractivity contribution < 1.29 is 8.42 Å². The van der Waals surface area contributed by atoms with Crippen LogP contribution in [0.15, 0.2) is 28.6 Å². The number of thiophene rings is 1. The van der Waals surface area contributed by atoms with Crippen LogP contribution in [0.5, 0.6) is 0 Å². The Balaban J connectivity index is 2.07. The molecule has 2 aromatic heterocycles. The molecule has 0 saturated carbocycles. The first-order chi connectivity index (χ1) is 10.9. The Labute approximate surface area is 142 Å². The highest BCUT2D eigenvalue weighted by Crippen LogP contribution is 2.33. The van der Waals surface area contributed by atoms with E-state index in [1.165, 1.54) is 11.3 Å². The molecule has 1 unspecified atom stereocenters. The van der Waals surface area contributed by atoms with Crippen LogP contribution in [0.25, 0.3) is 10.6 Å². The molecule has 0 spiro atoms. The maximum atomic E-state index is 13.2. The predicted octanol–water partition coefficient (Wildman–Crippen LogP) is 3.61. The Hall–Kier alpha value is -1.18. The zero-order chi connectivity index (χ0) is 16.6. The summed E-state index contributed by atoms with van der Waals surface area (Å²) in [6.07, 6.45) is 3.70. The molecular weight excluding hydrogens is 330 g/mol. The molecule has 1 saturated heterocycles. The zero-order valence-corrected chi connectivity index (χ0v) is 15.4. The summed E-state index contributed by atoms with van der Waals surface area (Å²) in [5.74, 6) is 0.406. The predicted molar refractivity (Wildman–Crippen MR) is 93.1 cm³/mol. The molecule has 0 aromatic carbocycles. The first kappa shape index (κ1) is 16.7. The summed E-state index contributed by atoms with van der Waals surface area (Å²) in [5.41, 5.74) is 0.576. The van der Waals surface area contributed by atoms with Gasteiger partial charge in [0.25, 0.3) is 0 Å². The Morgan fingerprint density at radius 3 is 2.78 bits per heavy atom. The normalized spacial score (nSPS) is 20.3. The molecule has 1 fully saturated rings. The van der Waals surface area contributed by atoms with E-state index < -0.39 is 10.0 Å². The number of sulfonamides is 1. The fourth-order valence-corrected chi connectivity index (χ4v) is 5.44. The Morgan fingerprint density at radius 2 is 2.17 bits per heavy atom. The molecule has 126 valence electrons. The minimum Gasteiger partial charge on any atom is -0.268 e. The minimum absolute atomic E-state index is 0.123. The summed E-state index contributed by atoms with van der Waals surface area (Å²) >= 11 is 1.52. The SMILES string of the molecule is CC1CCCN(S(=O)(=O)c2cn(C(C)C)nc2-c2cccs2)C1. The molecular formula is C16H23N3O2S2. The van der Waals surface area contributed by atoms with Crippen molar-refractivity contribution in [3.63, 3.8) is 0 Å². The second-order valence-electron chi connectivity index (χ2n) is 6.50. The van der Waals surface area contributed by atoms with Gasteiger partial charge in [-0.2, -0.15) is 9.40 Å². The maximum Gasteiger partial charge on any atom is 0.246 e. The molecule has 23 heavy (non-hydrogen) atoms. The van der Waals surface area contributed by atoms with E-state index in [-0.39, 0.29) is 6.04 Å². The van der Waals surface area contributed by atoms with Crippen LogP contribution in [-0.2, 0) is 10.0 Å². The van der Waals surface area contributed by atoms with E-state index in [9.17, 15) is 8.42 Å². The van der Waals surface area contributed by atoms with Crippen molar-refractivity contribution in [2.24, 2.45) is 5.92 Å². The van der Waals surface area contributed by atoms with Crippen molar-refractivity contribution in [1.29, 1.82) is 0 Å². The lowest BCUT2D eigenvalue weighted by Gasteiger charge is -2.29. The van der Waals surface area contributed by atoms with Gasteiger partial charge < -0.3 is 0 Å². The van der Waals surface area contributed by atoms with E-state index in [0.717, 1.165) is 17.7 Å². The first-order valence-electron chi connectivity index (χ1n) is 8.02. The van der Waals surface area contributed by atoms with Crippen LogP contribution in [0.3, 0.4) is 0 Å². The van der Waals surface area contributed by atoms with Crippen LogP contribution in [0.4, 0.5) is 0 Å². The molecule has 3 rings (SSSR count). The minimum atomic E-state index is -3.51. The summed E-state index contributed by atoms with van der Waals surface area (Å²) in [6, 6.07) is 3.97. The summed E-state index contributed by atoms with van der Waals surface area (Å²) in [7, 11) is -3.51. The molecule has 0 amide bonds. The van der Waals surface area contributed by atoms with Crippen molar-refractivity contribution in [2.45, 2.75) is 44.6 Å². The van der Waals surface area contributed by atoms with Gasteiger partial charge in [-0.3, -0.25) is 4.68 Å². The van der Waals surface area contributed by atoms with Gasteiger partial charge >= 0.3 is 0 Å². The largest absolute Gasteiger partial charge is 0.268 e. The van der Waals surface area contributed by atoms with E-state index in [1.54, 1.807) is 15.2 Å². The van der Waals surface area contributed by atoms with Crippen molar-refractivity contribution in [3.8, 4) is 10.6 Å². The third-order valence-corrected chi connectivity index (χ3v) is 6.96. The molecule has 1 aliphatic rings. The van der Waals surface area contributed by atoms with Crippen molar-refractivity contribution in [3.05, 3.63) is 23.7 Å². The fourth-order valence-electron chi connectivity index (χ4n) is 2.92. The van der Waals surface area contributed by atoms with Gasteiger partial charge in [-0.1, -0.05) is 13.0 Å². The summed E-state index contributed by atoms with van der Waals surface area (Å²) in [5, 5.41) is 6.50. The molecule has 1 aliphatic heterocycles.